The maximum absolute atomic E-state index is 11.7. The minimum Gasteiger partial charge on any atom is -0.392 e. The molecular weight excluding hydrogens is 242 g/mol. The zero-order chi connectivity index (χ0) is 11.6. The standard InChI is InChI=1S/C7H12ClN3O3S/c1-5(12)3-10-15(13,14)7-6(8)4-9-11(7)2/h4-5,10,12H,3H2,1-2H3/t5-/m0/s1. The fourth-order valence-corrected chi connectivity index (χ4v) is 2.77. The zero-order valence-corrected chi connectivity index (χ0v) is 9.88. The normalized spacial score (nSPS) is 14.1. The molecule has 0 saturated carbocycles. The average Bonchev–Trinajstić information content (AvgIpc) is 2.43. The van der Waals surface area contributed by atoms with E-state index in [9.17, 15) is 8.42 Å². The van der Waals surface area contributed by atoms with Gasteiger partial charge < -0.3 is 5.11 Å². The van der Waals surface area contributed by atoms with Gasteiger partial charge in [-0.3, -0.25) is 4.68 Å². The Morgan fingerprint density at radius 2 is 2.33 bits per heavy atom. The predicted molar refractivity (Wildman–Crippen MR) is 55.1 cm³/mol. The van der Waals surface area contributed by atoms with Crippen molar-refractivity contribution in [2.75, 3.05) is 6.54 Å². The number of sulfonamides is 1. The van der Waals surface area contributed by atoms with Crippen molar-refractivity contribution < 1.29 is 13.5 Å². The van der Waals surface area contributed by atoms with E-state index in [2.05, 4.69) is 9.82 Å². The summed E-state index contributed by atoms with van der Waals surface area (Å²) in [5, 5.41) is 12.6. The first-order chi connectivity index (χ1) is 6.84. The molecule has 1 aromatic rings. The van der Waals surface area contributed by atoms with E-state index >= 15 is 0 Å². The van der Waals surface area contributed by atoms with E-state index in [4.69, 9.17) is 16.7 Å². The van der Waals surface area contributed by atoms with Crippen molar-refractivity contribution in [1.29, 1.82) is 0 Å². The summed E-state index contributed by atoms with van der Waals surface area (Å²) in [5.74, 6) is 0. The second-order valence-electron chi connectivity index (χ2n) is 3.12. The van der Waals surface area contributed by atoms with Crippen molar-refractivity contribution in [1.82, 2.24) is 14.5 Å². The largest absolute Gasteiger partial charge is 0.392 e. The molecule has 1 aromatic heterocycles. The van der Waals surface area contributed by atoms with Gasteiger partial charge in [0.05, 0.1) is 17.3 Å². The summed E-state index contributed by atoms with van der Waals surface area (Å²) in [6, 6.07) is 0. The molecule has 0 saturated heterocycles. The minimum absolute atomic E-state index is 0.0515. The van der Waals surface area contributed by atoms with Crippen molar-refractivity contribution in [2.24, 2.45) is 7.05 Å². The first-order valence-electron chi connectivity index (χ1n) is 4.20. The van der Waals surface area contributed by atoms with Gasteiger partial charge in [-0.25, -0.2) is 13.1 Å². The van der Waals surface area contributed by atoms with Crippen LogP contribution in [0.3, 0.4) is 0 Å². The molecule has 0 bridgehead atoms. The molecule has 1 atom stereocenters. The maximum atomic E-state index is 11.7. The van der Waals surface area contributed by atoms with Gasteiger partial charge in [0.25, 0.3) is 10.0 Å². The second-order valence-corrected chi connectivity index (χ2v) is 5.21. The number of hydrogen-bond donors (Lipinski definition) is 2. The number of hydrogen-bond acceptors (Lipinski definition) is 4. The summed E-state index contributed by atoms with van der Waals surface area (Å²) in [7, 11) is -2.24. The van der Waals surface area contributed by atoms with Crippen molar-refractivity contribution in [3.8, 4) is 0 Å². The Hall–Kier alpha value is -0.630. The smallest absolute Gasteiger partial charge is 0.259 e. The molecule has 0 fully saturated rings. The third-order valence-corrected chi connectivity index (χ3v) is 3.59. The number of aromatic nitrogens is 2. The van der Waals surface area contributed by atoms with Gasteiger partial charge in [0.2, 0.25) is 0 Å². The Balaban J connectivity index is 2.96. The van der Waals surface area contributed by atoms with Crippen LogP contribution in [0.25, 0.3) is 0 Å². The van der Waals surface area contributed by atoms with E-state index in [1.165, 1.54) is 20.2 Å². The van der Waals surface area contributed by atoms with Gasteiger partial charge in [0, 0.05) is 13.6 Å². The summed E-state index contributed by atoms with van der Waals surface area (Å²) in [6.45, 7) is 1.41. The van der Waals surface area contributed by atoms with Gasteiger partial charge in [-0.1, -0.05) is 11.6 Å². The molecule has 0 aliphatic rings. The van der Waals surface area contributed by atoms with Crippen molar-refractivity contribution in [2.45, 2.75) is 18.1 Å². The van der Waals surface area contributed by atoms with Crippen molar-refractivity contribution in [3.63, 3.8) is 0 Å². The van der Waals surface area contributed by atoms with Crippen LogP contribution in [-0.2, 0) is 17.1 Å². The lowest BCUT2D eigenvalue weighted by molar-refractivity contribution is 0.198. The van der Waals surface area contributed by atoms with Gasteiger partial charge >= 0.3 is 0 Å². The summed E-state index contributed by atoms with van der Waals surface area (Å²) in [4.78, 5) is 0. The molecule has 1 rings (SSSR count). The Bertz CT molecular complexity index is 421. The third kappa shape index (κ3) is 2.91. The van der Waals surface area contributed by atoms with Gasteiger partial charge in [-0.15, -0.1) is 0 Å². The molecule has 1 heterocycles. The maximum Gasteiger partial charge on any atom is 0.259 e. The van der Waals surface area contributed by atoms with Crippen LogP contribution in [0.1, 0.15) is 6.92 Å². The number of nitrogens with zero attached hydrogens (tertiary/aromatic N) is 2. The van der Waals surface area contributed by atoms with E-state index in [-0.39, 0.29) is 16.6 Å². The quantitative estimate of drug-likeness (QED) is 0.774. The number of nitrogens with one attached hydrogen (secondary N) is 1. The Morgan fingerprint density at radius 1 is 1.73 bits per heavy atom. The van der Waals surface area contributed by atoms with Gasteiger partial charge in [0.15, 0.2) is 5.03 Å². The zero-order valence-electron chi connectivity index (χ0n) is 8.31. The Morgan fingerprint density at radius 3 is 2.73 bits per heavy atom. The topological polar surface area (TPSA) is 84.2 Å². The highest BCUT2D eigenvalue weighted by molar-refractivity contribution is 7.89. The predicted octanol–water partition coefficient (Wildman–Crippen LogP) is -0.267. The molecule has 86 valence electrons. The van der Waals surface area contributed by atoms with Crippen molar-refractivity contribution >= 4 is 21.6 Å². The molecule has 0 radical (unpaired) electrons. The lowest BCUT2D eigenvalue weighted by Gasteiger charge is -2.08. The van der Waals surface area contributed by atoms with Gasteiger partial charge in [-0.05, 0) is 6.92 Å². The van der Waals surface area contributed by atoms with Gasteiger partial charge in [-0.2, -0.15) is 5.10 Å². The molecule has 0 aliphatic carbocycles. The van der Waals surface area contributed by atoms with Crippen LogP contribution < -0.4 is 4.72 Å². The van der Waals surface area contributed by atoms with Crippen molar-refractivity contribution in [3.05, 3.63) is 11.2 Å². The molecule has 0 unspecified atom stereocenters. The minimum atomic E-state index is -3.71. The molecule has 6 nitrogen and oxygen atoms in total. The summed E-state index contributed by atoms with van der Waals surface area (Å²) in [6.07, 6.45) is 0.491. The Kier molecular flexibility index (Phi) is 3.72. The first-order valence-corrected chi connectivity index (χ1v) is 6.06. The first kappa shape index (κ1) is 12.4. The number of rotatable bonds is 4. The van der Waals surface area contributed by atoms with E-state index in [1.807, 2.05) is 0 Å². The molecular formula is C7H12ClN3O3S. The number of halogens is 1. The molecule has 15 heavy (non-hydrogen) atoms. The molecule has 0 aliphatic heterocycles. The highest BCUT2D eigenvalue weighted by atomic mass is 35.5. The SMILES string of the molecule is C[C@H](O)CNS(=O)(=O)c1c(Cl)cnn1C. The van der Waals surface area contributed by atoms with Crippen LogP contribution in [0, 0.1) is 0 Å². The number of aliphatic hydroxyl groups is 1. The van der Waals surface area contributed by atoms with E-state index in [1.54, 1.807) is 0 Å². The van der Waals surface area contributed by atoms with Crippen LogP contribution in [0.4, 0.5) is 0 Å². The lowest BCUT2D eigenvalue weighted by Crippen LogP contribution is -2.32. The fraction of sp³-hybridized carbons (Fsp3) is 0.571. The van der Waals surface area contributed by atoms with Crippen LogP contribution in [0.2, 0.25) is 5.02 Å². The van der Waals surface area contributed by atoms with Crippen LogP contribution >= 0.6 is 11.6 Å². The summed E-state index contributed by atoms with van der Waals surface area (Å²) >= 11 is 5.68. The summed E-state index contributed by atoms with van der Waals surface area (Å²) in [5.41, 5.74) is 0. The second kappa shape index (κ2) is 4.48. The fourth-order valence-electron chi connectivity index (χ4n) is 1.00. The monoisotopic (exact) mass is 253 g/mol. The number of aliphatic hydroxyl groups excluding tert-OH is 1. The highest BCUT2D eigenvalue weighted by Gasteiger charge is 2.22. The van der Waals surface area contributed by atoms with E-state index in [0.717, 1.165) is 4.68 Å². The van der Waals surface area contributed by atoms with E-state index in [0.29, 0.717) is 0 Å². The molecule has 2 N–H and O–H groups in total. The van der Waals surface area contributed by atoms with Crippen LogP contribution in [0.15, 0.2) is 11.2 Å². The molecule has 0 spiro atoms. The third-order valence-electron chi connectivity index (χ3n) is 1.67. The van der Waals surface area contributed by atoms with E-state index < -0.39 is 16.1 Å². The molecule has 8 heteroatoms. The van der Waals surface area contributed by atoms with Gasteiger partial charge in [0.1, 0.15) is 0 Å². The lowest BCUT2D eigenvalue weighted by atomic mass is 10.4. The summed E-state index contributed by atoms with van der Waals surface area (Å²) < 4.78 is 26.7. The van der Waals surface area contributed by atoms with Crippen LogP contribution in [0.5, 0.6) is 0 Å². The highest BCUT2D eigenvalue weighted by Crippen LogP contribution is 2.19. The molecule has 0 amide bonds. The molecule has 0 aromatic carbocycles. The van der Waals surface area contributed by atoms with Crippen LogP contribution in [-0.4, -0.2) is 36.0 Å². The number of aryl methyl sites for hydroxylation is 1. The average molecular weight is 254 g/mol. The Labute approximate surface area is 92.9 Å².